The number of aryl methyl sites for hydroxylation is 2. The summed E-state index contributed by atoms with van der Waals surface area (Å²) >= 11 is 0. The third-order valence-electron chi connectivity index (χ3n) is 8.16. The maximum atomic E-state index is 13.1. The van der Waals surface area contributed by atoms with E-state index in [9.17, 15) is 14.4 Å². The third-order valence-corrected chi connectivity index (χ3v) is 8.16. The van der Waals surface area contributed by atoms with Crippen LogP contribution in [0.15, 0.2) is 30.5 Å². The first kappa shape index (κ1) is 25.2. The molecule has 9 nitrogen and oxygen atoms in total. The molecule has 37 heavy (non-hydrogen) atoms. The highest BCUT2D eigenvalue weighted by Gasteiger charge is 2.42. The van der Waals surface area contributed by atoms with Crippen molar-refractivity contribution in [3.05, 3.63) is 58.3 Å². The van der Waals surface area contributed by atoms with Gasteiger partial charge < -0.3 is 21.3 Å². The van der Waals surface area contributed by atoms with Crippen LogP contribution < -0.4 is 21.3 Å². The lowest BCUT2D eigenvalue weighted by atomic mass is 9.95. The molecular formula is C28H36N6O3. The van der Waals surface area contributed by atoms with E-state index in [1.54, 1.807) is 25.3 Å². The number of piperidine rings is 1. The van der Waals surface area contributed by atoms with Gasteiger partial charge in [0, 0.05) is 48.5 Å². The number of nitrogens with one attached hydrogen (secondary N) is 2. The van der Waals surface area contributed by atoms with Crippen molar-refractivity contribution < 1.29 is 14.4 Å². The minimum atomic E-state index is -0.486. The van der Waals surface area contributed by atoms with E-state index in [0.29, 0.717) is 34.3 Å². The van der Waals surface area contributed by atoms with Crippen LogP contribution in [-0.2, 0) is 0 Å². The summed E-state index contributed by atoms with van der Waals surface area (Å²) in [5.41, 5.74) is 8.51. The first-order chi connectivity index (χ1) is 17.7. The van der Waals surface area contributed by atoms with E-state index in [-0.39, 0.29) is 23.9 Å². The maximum Gasteiger partial charge on any atom is 0.253 e. The number of primary amides is 1. The molecule has 0 saturated carbocycles. The van der Waals surface area contributed by atoms with Gasteiger partial charge in [0.25, 0.3) is 11.8 Å². The molecule has 0 radical (unpaired) electrons. The van der Waals surface area contributed by atoms with Crippen LogP contribution in [0.4, 0.5) is 5.82 Å². The van der Waals surface area contributed by atoms with Gasteiger partial charge in [-0.05, 0) is 81.5 Å². The van der Waals surface area contributed by atoms with Gasteiger partial charge in [0.05, 0.1) is 11.6 Å². The van der Waals surface area contributed by atoms with Gasteiger partial charge in [-0.2, -0.15) is 0 Å². The standard InChI is InChI=1S/C28H36N6O3/c1-4-33-14-20(15-33)32-27(36)18-5-8-25(30-13-18)34-21-6-7-22(34)12-19(11-21)31-28(37)24-10-16(2)23(26(29)35)9-17(24)3/h5,8-10,13,19-22H,4,6-7,11-12,14-15H2,1-3H3,(H2,29,35)(H,31,37)(H,32,36). The molecular weight excluding hydrogens is 468 g/mol. The van der Waals surface area contributed by atoms with E-state index < -0.39 is 5.91 Å². The number of nitrogens with zero attached hydrogens (tertiary/aromatic N) is 3. The number of hydrogen-bond acceptors (Lipinski definition) is 6. The Kier molecular flexibility index (Phi) is 6.90. The van der Waals surface area contributed by atoms with Crippen molar-refractivity contribution in [1.82, 2.24) is 20.5 Å². The van der Waals surface area contributed by atoms with Crippen molar-refractivity contribution in [1.29, 1.82) is 0 Å². The Morgan fingerprint density at radius 1 is 0.946 bits per heavy atom. The Bertz CT molecular complexity index is 1190. The number of benzene rings is 1. The van der Waals surface area contributed by atoms with E-state index >= 15 is 0 Å². The second-order valence-corrected chi connectivity index (χ2v) is 10.7. The number of hydrogen-bond donors (Lipinski definition) is 3. The number of fused-ring (bicyclic) bond motifs is 2. The quantitative estimate of drug-likeness (QED) is 0.532. The molecule has 4 heterocycles. The number of aromatic nitrogens is 1. The Hall–Kier alpha value is -3.46. The number of nitrogens with two attached hydrogens (primary N) is 1. The predicted octanol–water partition coefficient (Wildman–Crippen LogP) is 2.16. The van der Waals surface area contributed by atoms with Crippen molar-refractivity contribution in [3.8, 4) is 0 Å². The van der Waals surface area contributed by atoms with Crippen LogP contribution in [0.2, 0.25) is 0 Å². The molecule has 3 fully saturated rings. The molecule has 3 aliphatic heterocycles. The number of anilines is 1. The number of carbonyl (C=O) groups is 3. The van der Waals surface area contributed by atoms with Crippen molar-refractivity contribution in [3.63, 3.8) is 0 Å². The fourth-order valence-corrected chi connectivity index (χ4v) is 6.12. The van der Waals surface area contributed by atoms with Crippen molar-refractivity contribution in [2.75, 3.05) is 24.5 Å². The first-order valence-electron chi connectivity index (χ1n) is 13.2. The van der Waals surface area contributed by atoms with E-state index in [2.05, 4.69) is 32.3 Å². The Morgan fingerprint density at radius 3 is 2.16 bits per heavy atom. The number of pyridine rings is 1. The lowest BCUT2D eigenvalue weighted by molar-refractivity contribution is 0.0823. The summed E-state index contributed by atoms with van der Waals surface area (Å²) in [5, 5.41) is 6.31. The molecule has 4 N–H and O–H groups in total. The smallest absolute Gasteiger partial charge is 0.253 e. The molecule has 3 aliphatic rings. The summed E-state index contributed by atoms with van der Waals surface area (Å²) in [6.45, 7) is 8.56. The zero-order chi connectivity index (χ0) is 26.3. The van der Waals surface area contributed by atoms with E-state index in [0.717, 1.165) is 56.7 Å². The fraction of sp³-hybridized carbons (Fsp3) is 0.500. The van der Waals surface area contributed by atoms with Crippen LogP contribution in [0.1, 0.15) is 74.8 Å². The zero-order valence-electron chi connectivity index (χ0n) is 21.8. The number of carbonyl (C=O) groups excluding carboxylic acids is 3. The van der Waals surface area contributed by atoms with Crippen LogP contribution in [0.5, 0.6) is 0 Å². The van der Waals surface area contributed by atoms with Gasteiger partial charge in [0.2, 0.25) is 5.91 Å². The second-order valence-electron chi connectivity index (χ2n) is 10.7. The van der Waals surface area contributed by atoms with Gasteiger partial charge >= 0.3 is 0 Å². The van der Waals surface area contributed by atoms with Gasteiger partial charge in [-0.25, -0.2) is 4.98 Å². The number of amides is 3. The maximum absolute atomic E-state index is 13.1. The SMILES string of the molecule is CCN1CC(NC(=O)c2ccc(N3C4CCC3CC(NC(=O)c3cc(C)c(C(N)=O)cc3C)C4)nc2)C1. The molecule has 2 unspecified atom stereocenters. The van der Waals surface area contributed by atoms with Gasteiger partial charge in [-0.1, -0.05) is 6.92 Å². The molecule has 0 aliphatic carbocycles. The van der Waals surface area contributed by atoms with E-state index in [1.165, 1.54) is 0 Å². The highest BCUT2D eigenvalue weighted by atomic mass is 16.2. The molecule has 3 saturated heterocycles. The Morgan fingerprint density at radius 2 is 1.57 bits per heavy atom. The monoisotopic (exact) mass is 504 g/mol. The van der Waals surface area contributed by atoms with E-state index in [1.807, 2.05) is 19.1 Å². The normalized spacial score (nSPS) is 23.4. The van der Waals surface area contributed by atoms with Crippen LogP contribution in [-0.4, -0.2) is 71.4 Å². The average molecular weight is 505 g/mol. The predicted molar refractivity (Wildman–Crippen MR) is 142 cm³/mol. The zero-order valence-corrected chi connectivity index (χ0v) is 21.8. The molecule has 0 spiro atoms. The average Bonchev–Trinajstić information content (AvgIpc) is 3.12. The molecule has 1 aromatic heterocycles. The van der Waals surface area contributed by atoms with Gasteiger partial charge in [0.1, 0.15) is 5.82 Å². The Labute approximate surface area is 217 Å². The van der Waals surface area contributed by atoms with Gasteiger partial charge in [-0.3, -0.25) is 19.3 Å². The first-order valence-corrected chi connectivity index (χ1v) is 13.2. The molecule has 5 rings (SSSR count). The summed E-state index contributed by atoms with van der Waals surface area (Å²) < 4.78 is 0. The highest BCUT2D eigenvalue weighted by Crippen LogP contribution is 2.38. The Balaban J connectivity index is 1.20. The summed E-state index contributed by atoms with van der Waals surface area (Å²) in [5.74, 6) is 0.221. The largest absolute Gasteiger partial charge is 0.366 e. The van der Waals surface area contributed by atoms with Gasteiger partial charge in [-0.15, -0.1) is 0 Å². The molecule has 2 bridgehead atoms. The molecule has 2 aromatic rings. The van der Waals surface area contributed by atoms with Crippen LogP contribution in [0.3, 0.4) is 0 Å². The lowest BCUT2D eigenvalue weighted by Gasteiger charge is -2.40. The van der Waals surface area contributed by atoms with Crippen molar-refractivity contribution >= 4 is 23.5 Å². The van der Waals surface area contributed by atoms with E-state index in [4.69, 9.17) is 5.73 Å². The van der Waals surface area contributed by atoms with Crippen LogP contribution >= 0.6 is 0 Å². The number of rotatable bonds is 7. The number of likely N-dealkylation sites (N-methyl/N-ethyl adjacent to an activating group) is 1. The topological polar surface area (TPSA) is 121 Å². The fourth-order valence-electron chi connectivity index (χ4n) is 6.12. The number of likely N-dealkylation sites (tertiary alicyclic amines) is 1. The molecule has 2 atom stereocenters. The van der Waals surface area contributed by atoms with Crippen LogP contribution in [0.25, 0.3) is 0 Å². The molecule has 9 heteroatoms. The summed E-state index contributed by atoms with van der Waals surface area (Å²) in [4.78, 5) is 46.6. The molecule has 1 aromatic carbocycles. The summed E-state index contributed by atoms with van der Waals surface area (Å²) in [6.07, 6.45) is 5.48. The van der Waals surface area contributed by atoms with Crippen molar-refractivity contribution in [2.45, 2.75) is 70.6 Å². The summed E-state index contributed by atoms with van der Waals surface area (Å²) in [6, 6.07) is 8.14. The van der Waals surface area contributed by atoms with Gasteiger partial charge in [0.15, 0.2) is 0 Å². The van der Waals surface area contributed by atoms with Crippen molar-refractivity contribution in [2.24, 2.45) is 5.73 Å². The minimum absolute atomic E-state index is 0.0708. The third kappa shape index (κ3) is 5.05. The molecule has 196 valence electrons. The molecule has 3 amide bonds. The highest BCUT2D eigenvalue weighted by molar-refractivity contribution is 5.99. The van der Waals surface area contributed by atoms with Crippen LogP contribution in [0, 0.1) is 13.8 Å². The lowest BCUT2D eigenvalue weighted by Crippen LogP contribution is -2.58. The minimum Gasteiger partial charge on any atom is -0.366 e. The second kappa shape index (κ2) is 10.1. The summed E-state index contributed by atoms with van der Waals surface area (Å²) in [7, 11) is 0.